The van der Waals surface area contributed by atoms with Crippen LogP contribution in [0.5, 0.6) is 0 Å². The lowest BCUT2D eigenvalue weighted by Gasteiger charge is -2.22. The number of likely N-dealkylation sites (tertiary alicyclic amines) is 1. The molecule has 0 aromatic rings. The van der Waals surface area contributed by atoms with Gasteiger partial charge in [0, 0.05) is 12.8 Å². The highest BCUT2D eigenvalue weighted by Crippen LogP contribution is 2.19. The van der Waals surface area contributed by atoms with E-state index in [4.69, 9.17) is 5.11 Å². The van der Waals surface area contributed by atoms with E-state index in [1.807, 2.05) is 7.05 Å². The summed E-state index contributed by atoms with van der Waals surface area (Å²) in [6, 6.07) is -0.991. The Kier molecular flexibility index (Phi) is 5.09. The Hall–Kier alpha value is -1.43. The predicted octanol–water partition coefficient (Wildman–Crippen LogP) is -0.0217. The van der Waals surface area contributed by atoms with Crippen LogP contribution < -0.4 is 5.32 Å². The van der Waals surface area contributed by atoms with Gasteiger partial charge in [0.15, 0.2) is 0 Å². The number of carboxylic acids is 1. The molecule has 17 heavy (non-hydrogen) atoms. The SMILES string of the molecule is CNCCCCC(C(=O)O)N1C(=O)CCC1=O. The number of rotatable bonds is 7. The average molecular weight is 242 g/mol. The van der Waals surface area contributed by atoms with Crippen molar-refractivity contribution < 1.29 is 19.5 Å². The molecule has 0 aromatic heterocycles. The van der Waals surface area contributed by atoms with Crippen molar-refractivity contribution in [2.24, 2.45) is 0 Å². The van der Waals surface area contributed by atoms with Crippen molar-refractivity contribution >= 4 is 17.8 Å². The third kappa shape index (κ3) is 3.52. The lowest BCUT2D eigenvalue weighted by molar-refractivity contribution is -0.154. The van der Waals surface area contributed by atoms with Gasteiger partial charge >= 0.3 is 5.97 Å². The number of nitrogens with one attached hydrogen (secondary N) is 1. The molecule has 0 spiro atoms. The number of carbonyl (C=O) groups is 3. The van der Waals surface area contributed by atoms with Crippen LogP contribution in [-0.4, -0.2) is 47.4 Å². The van der Waals surface area contributed by atoms with E-state index in [-0.39, 0.29) is 24.7 Å². The summed E-state index contributed by atoms with van der Waals surface area (Å²) in [5.41, 5.74) is 0. The quantitative estimate of drug-likeness (QED) is 0.484. The van der Waals surface area contributed by atoms with E-state index in [1.165, 1.54) is 0 Å². The normalized spacial score (nSPS) is 17.6. The zero-order valence-corrected chi connectivity index (χ0v) is 9.94. The standard InChI is InChI=1S/C11H18N2O4/c1-12-7-3-2-4-8(11(16)17)13-9(14)5-6-10(13)15/h8,12H,2-7H2,1H3,(H,16,17). The van der Waals surface area contributed by atoms with Gasteiger partial charge in [-0.3, -0.25) is 14.5 Å². The highest BCUT2D eigenvalue weighted by atomic mass is 16.4. The van der Waals surface area contributed by atoms with E-state index >= 15 is 0 Å². The van der Waals surface area contributed by atoms with Gasteiger partial charge in [0.25, 0.3) is 0 Å². The van der Waals surface area contributed by atoms with Gasteiger partial charge in [-0.05, 0) is 32.9 Å². The number of aliphatic carboxylic acids is 1. The molecule has 0 radical (unpaired) electrons. The van der Waals surface area contributed by atoms with Crippen molar-refractivity contribution in [1.29, 1.82) is 0 Å². The molecule has 0 aliphatic carbocycles. The Morgan fingerprint density at radius 2 is 1.94 bits per heavy atom. The summed E-state index contributed by atoms with van der Waals surface area (Å²) in [7, 11) is 1.82. The molecular formula is C11H18N2O4. The van der Waals surface area contributed by atoms with Crippen LogP contribution in [0.2, 0.25) is 0 Å². The number of amides is 2. The van der Waals surface area contributed by atoms with Gasteiger partial charge in [0.1, 0.15) is 6.04 Å². The molecule has 6 nitrogen and oxygen atoms in total. The van der Waals surface area contributed by atoms with Gasteiger partial charge in [-0.15, -0.1) is 0 Å². The number of carbonyl (C=O) groups excluding carboxylic acids is 2. The third-order valence-corrected chi connectivity index (χ3v) is 2.84. The highest BCUT2D eigenvalue weighted by Gasteiger charge is 2.38. The summed E-state index contributed by atoms with van der Waals surface area (Å²) in [6.45, 7) is 0.800. The molecule has 2 N–H and O–H groups in total. The number of carboxylic acid groups (broad SMARTS) is 1. The van der Waals surface area contributed by atoms with Crippen molar-refractivity contribution in [3.8, 4) is 0 Å². The van der Waals surface area contributed by atoms with Crippen LogP contribution >= 0.6 is 0 Å². The second-order valence-electron chi connectivity index (χ2n) is 4.11. The minimum Gasteiger partial charge on any atom is -0.480 e. The van der Waals surface area contributed by atoms with E-state index in [0.717, 1.165) is 17.9 Å². The van der Waals surface area contributed by atoms with Gasteiger partial charge in [0.2, 0.25) is 11.8 Å². The summed E-state index contributed by atoms with van der Waals surface area (Å²) >= 11 is 0. The molecule has 1 atom stereocenters. The van der Waals surface area contributed by atoms with E-state index in [0.29, 0.717) is 12.8 Å². The molecule has 1 fully saturated rings. The van der Waals surface area contributed by atoms with Crippen molar-refractivity contribution in [3.63, 3.8) is 0 Å². The first-order valence-electron chi connectivity index (χ1n) is 5.80. The van der Waals surface area contributed by atoms with E-state index in [1.54, 1.807) is 0 Å². The fourth-order valence-electron chi connectivity index (χ4n) is 1.94. The maximum atomic E-state index is 11.4. The van der Waals surface area contributed by atoms with Crippen molar-refractivity contribution in [3.05, 3.63) is 0 Å². The Morgan fingerprint density at radius 3 is 2.41 bits per heavy atom. The van der Waals surface area contributed by atoms with Crippen LogP contribution in [0, 0.1) is 0 Å². The zero-order valence-electron chi connectivity index (χ0n) is 9.94. The second-order valence-corrected chi connectivity index (χ2v) is 4.11. The molecule has 1 saturated heterocycles. The zero-order chi connectivity index (χ0) is 12.8. The first kappa shape index (κ1) is 13.6. The topological polar surface area (TPSA) is 86.7 Å². The predicted molar refractivity (Wildman–Crippen MR) is 60.3 cm³/mol. The van der Waals surface area contributed by atoms with Gasteiger partial charge < -0.3 is 10.4 Å². The Morgan fingerprint density at radius 1 is 1.35 bits per heavy atom. The Balaban J connectivity index is 2.56. The van der Waals surface area contributed by atoms with Gasteiger partial charge in [-0.1, -0.05) is 0 Å². The summed E-state index contributed by atoms with van der Waals surface area (Å²) in [6.07, 6.45) is 2.11. The smallest absolute Gasteiger partial charge is 0.326 e. The number of unbranched alkanes of at least 4 members (excludes halogenated alkanes) is 1. The van der Waals surface area contributed by atoms with Gasteiger partial charge in [0.05, 0.1) is 0 Å². The van der Waals surface area contributed by atoms with Crippen molar-refractivity contribution in [1.82, 2.24) is 10.2 Å². The first-order chi connectivity index (χ1) is 8.07. The third-order valence-electron chi connectivity index (χ3n) is 2.84. The monoisotopic (exact) mass is 242 g/mol. The summed E-state index contributed by atoms with van der Waals surface area (Å²) in [5, 5.41) is 12.0. The molecular weight excluding hydrogens is 224 g/mol. The summed E-state index contributed by atoms with van der Waals surface area (Å²) < 4.78 is 0. The highest BCUT2D eigenvalue weighted by molar-refractivity contribution is 6.04. The molecule has 1 rings (SSSR count). The van der Waals surface area contributed by atoms with Crippen LogP contribution in [0.4, 0.5) is 0 Å². The first-order valence-corrected chi connectivity index (χ1v) is 5.80. The van der Waals surface area contributed by atoms with Crippen LogP contribution in [0.3, 0.4) is 0 Å². The number of hydrogen-bond donors (Lipinski definition) is 2. The molecule has 6 heteroatoms. The molecule has 1 aliphatic rings. The van der Waals surface area contributed by atoms with Crippen molar-refractivity contribution in [2.45, 2.75) is 38.1 Å². The second kappa shape index (κ2) is 6.34. The number of hydrogen-bond acceptors (Lipinski definition) is 4. The minimum absolute atomic E-state index is 0.138. The van der Waals surface area contributed by atoms with Crippen LogP contribution in [0.25, 0.3) is 0 Å². The minimum atomic E-state index is -1.10. The maximum absolute atomic E-state index is 11.4. The summed E-state index contributed by atoms with van der Waals surface area (Å²) in [5.74, 6) is -1.83. The molecule has 1 heterocycles. The molecule has 0 saturated carbocycles. The van der Waals surface area contributed by atoms with Crippen LogP contribution in [0.1, 0.15) is 32.1 Å². The molecule has 0 aromatic carbocycles. The van der Waals surface area contributed by atoms with Crippen LogP contribution in [0.15, 0.2) is 0 Å². The molecule has 2 amide bonds. The van der Waals surface area contributed by atoms with Crippen molar-refractivity contribution in [2.75, 3.05) is 13.6 Å². The molecule has 0 bridgehead atoms. The lowest BCUT2D eigenvalue weighted by atomic mass is 10.1. The Bertz CT molecular complexity index is 301. The molecule has 96 valence electrons. The number of nitrogens with zero attached hydrogens (tertiary/aromatic N) is 1. The fraction of sp³-hybridized carbons (Fsp3) is 0.727. The van der Waals surface area contributed by atoms with Gasteiger partial charge in [-0.2, -0.15) is 0 Å². The van der Waals surface area contributed by atoms with E-state index in [2.05, 4.69) is 5.32 Å². The molecule has 1 aliphatic heterocycles. The largest absolute Gasteiger partial charge is 0.480 e. The fourth-order valence-corrected chi connectivity index (χ4v) is 1.94. The lowest BCUT2D eigenvalue weighted by Crippen LogP contribution is -2.44. The van der Waals surface area contributed by atoms with E-state index < -0.39 is 12.0 Å². The number of imide groups is 1. The maximum Gasteiger partial charge on any atom is 0.326 e. The summed E-state index contributed by atoms with van der Waals surface area (Å²) in [4.78, 5) is 34.9. The average Bonchev–Trinajstić information content (AvgIpc) is 2.59. The molecule has 1 unspecified atom stereocenters. The Labute approximate surface area is 100.0 Å². The van der Waals surface area contributed by atoms with Gasteiger partial charge in [-0.25, -0.2) is 4.79 Å². The van der Waals surface area contributed by atoms with E-state index in [9.17, 15) is 14.4 Å². The van der Waals surface area contributed by atoms with Crippen LogP contribution in [-0.2, 0) is 14.4 Å².